The lowest BCUT2D eigenvalue weighted by molar-refractivity contribution is 0.0782. The Morgan fingerprint density at radius 3 is 2.55 bits per heavy atom. The van der Waals surface area contributed by atoms with Crippen molar-refractivity contribution >= 4 is 28.4 Å². The Bertz CT molecular complexity index is 960. The van der Waals surface area contributed by atoms with E-state index in [2.05, 4.69) is 41.7 Å². The van der Waals surface area contributed by atoms with Crippen LogP contribution in [0, 0.1) is 5.41 Å². The number of nitrogen functional groups attached to an aromatic ring is 1. The molecule has 0 radical (unpaired) electrons. The molecule has 8 heteroatoms. The Hall–Kier alpha value is -2.48. The van der Waals surface area contributed by atoms with Crippen LogP contribution in [-0.4, -0.2) is 69.0 Å². The quantitative estimate of drug-likeness (QED) is 0.574. The first-order valence-electron chi connectivity index (χ1n) is 12.5. The normalized spacial score (nSPS) is 22.9. The molecule has 0 aliphatic carbocycles. The average Bonchev–Trinajstić information content (AvgIpc) is 3.04. The summed E-state index contributed by atoms with van der Waals surface area (Å²) < 4.78 is 2.08. The fraction of sp³-hybridized carbons (Fsp3) is 0.680. The molecule has 2 aliphatic rings. The second kappa shape index (κ2) is 9.79. The highest BCUT2D eigenvalue weighted by Crippen LogP contribution is 2.36. The third-order valence-corrected chi connectivity index (χ3v) is 7.28. The lowest BCUT2D eigenvalue weighted by atomic mass is 9.80. The highest BCUT2D eigenvalue weighted by Gasteiger charge is 2.40. The van der Waals surface area contributed by atoms with Crippen LogP contribution in [0.4, 0.5) is 16.2 Å². The molecule has 1 aromatic heterocycles. The van der Waals surface area contributed by atoms with Crippen LogP contribution in [0.15, 0.2) is 18.3 Å². The maximum atomic E-state index is 12.1. The van der Waals surface area contributed by atoms with Gasteiger partial charge in [0.25, 0.3) is 0 Å². The van der Waals surface area contributed by atoms with Crippen LogP contribution >= 0.6 is 0 Å². The average molecular weight is 457 g/mol. The molecule has 1 aromatic carbocycles. The van der Waals surface area contributed by atoms with Crippen molar-refractivity contribution in [2.75, 3.05) is 37.2 Å². The van der Waals surface area contributed by atoms with E-state index in [-0.39, 0.29) is 17.5 Å². The number of nitrogens with zero attached hydrogens (tertiary/aromatic N) is 4. The maximum absolute atomic E-state index is 12.1. The summed E-state index contributed by atoms with van der Waals surface area (Å²) in [6.07, 6.45) is 7.74. The molecule has 2 aliphatic heterocycles. The highest BCUT2D eigenvalue weighted by atomic mass is 16.4. The van der Waals surface area contributed by atoms with Gasteiger partial charge in [-0.1, -0.05) is 27.2 Å². The monoisotopic (exact) mass is 456 g/mol. The minimum Gasteiger partial charge on any atom is -0.465 e. The number of hydrogen-bond donors (Lipinski definition) is 3. The van der Waals surface area contributed by atoms with Crippen molar-refractivity contribution < 1.29 is 9.90 Å². The predicted molar refractivity (Wildman–Crippen MR) is 134 cm³/mol. The van der Waals surface area contributed by atoms with Crippen molar-refractivity contribution in [2.24, 2.45) is 5.41 Å². The summed E-state index contributed by atoms with van der Waals surface area (Å²) in [5, 5.41) is 19.3. The van der Waals surface area contributed by atoms with E-state index in [1.807, 2.05) is 12.3 Å². The number of carboxylic acid groups (broad SMARTS) is 1. The topological polar surface area (TPSA) is 99.7 Å². The number of anilines is 2. The van der Waals surface area contributed by atoms with Gasteiger partial charge in [-0.25, -0.2) is 4.79 Å². The van der Waals surface area contributed by atoms with Gasteiger partial charge in [-0.3, -0.25) is 4.68 Å². The number of hydrogen-bond acceptors (Lipinski definition) is 5. The molecule has 4 N–H and O–H groups in total. The van der Waals surface area contributed by atoms with Gasteiger partial charge in [0, 0.05) is 24.5 Å². The molecule has 4 rings (SSSR count). The second-order valence-corrected chi connectivity index (χ2v) is 10.8. The zero-order valence-electron chi connectivity index (χ0n) is 20.4. The Kier molecular flexibility index (Phi) is 7.02. The van der Waals surface area contributed by atoms with Gasteiger partial charge >= 0.3 is 6.09 Å². The minimum atomic E-state index is -0.847. The summed E-state index contributed by atoms with van der Waals surface area (Å²) in [6.45, 7) is 11.1. The second-order valence-electron chi connectivity index (χ2n) is 10.8. The van der Waals surface area contributed by atoms with Gasteiger partial charge in [-0.2, -0.15) is 5.10 Å². The Balaban J connectivity index is 1.61. The highest BCUT2D eigenvalue weighted by molar-refractivity contribution is 5.97. The first kappa shape index (κ1) is 23.7. The molecule has 1 amide bonds. The van der Waals surface area contributed by atoms with E-state index < -0.39 is 6.09 Å². The van der Waals surface area contributed by atoms with Crippen LogP contribution < -0.4 is 11.1 Å². The SMILES string of the molecule is CC(C)(C)[C@@H]1C(Nc2c(N)ccc3c2cnn3CCN2CCCCC2)CCCCN1C(=O)O. The van der Waals surface area contributed by atoms with Gasteiger partial charge < -0.3 is 26.0 Å². The van der Waals surface area contributed by atoms with Gasteiger partial charge in [-0.05, 0) is 62.7 Å². The smallest absolute Gasteiger partial charge is 0.407 e. The number of fused-ring (bicyclic) bond motifs is 1. The molecule has 0 bridgehead atoms. The molecular formula is C25H40N6O2. The summed E-state index contributed by atoms with van der Waals surface area (Å²) in [5.41, 5.74) is 8.87. The molecule has 2 saturated heterocycles. The van der Waals surface area contributed by atoms with Crippen LogP contribution in [0.5, 0.6) is 0 Å². The molecule has 8 nitrogen and oxygen atoms in total. The summed E-state index contributed by atoms with van der Waals surface area (Å²) in [4.78, 5) is 16.3. The number of amides is 1. The first-order valence-corrected chi connectivity index (χ1v) is 12.5. The molecule has 1 unspecified atom stereocenters. The fourth-order valence-corrected chi connectivity index (χ4v) is 5.71. The van der Waals surface area contributed by atoms with Crippen molar-refractivity contribution in [3.8, 4) is 0 Å². The molecule has 0 saturated carbocycles. The molecule has 182 valence electrons. The van der Waals surface area contributed by atoms with Gasteiger partial charge in [0.15, 0.2) is 0 Å². The van der Waals surface area contributed by atoms with Crippen LogP contribution in [0.1, 0.15) is 59.3 Å². The summed E-state index contributed by atoms with van der Waals surface area (Å²) >= 11 is 0. The lowest BCUT2D eigenvalue weighted by Crippen LogP contribution is -2.55. The zero-order chi connectivity index (χ0) is 23.6. The van der Waals surface area contributed by atoms with E-state index in [1.165, 1.54) is 32.4 Å². The molecule has 2 fully saturated rings. The van der Waals surface area contributed by atoms with E-state index in [4.69, 9.17) is 10.8 Å². The molecule has 0 spiro atoms. The van der Waals surface area contributed by atoms with Gasteiger partial charge in [-0.15, -0.1) is 0 Å². The Labute approximate surface area is 197 Å². The van der Waals surface area contributed by atoms with E-state index in [9.17, 15) is 9.90 Å². The maximum Gasteiger partial charge on any atom is 0.407 e. The van der Waals surface area contributed by atoms with Gasteiger partial charge in [0.1, 0.15) is 0 Å². The number of benzene rings is 1. The Morgan fingerprint density at radius 2 is 1.85 bits per heavy atom. The van der Waals surface area contributed by atoms with E-state index in [1.54, 1.807) is 4.90 Å². The summed E-state index contributed by atoms with van der Waals surface area (Å²) in [6, 6.07) is 3.83. The third-order valence-electron chi connectivity index (χ3n) is 7.28. The van der Waals surface area contributed by atoms with Crippen LogP contribution in [-0.2, 0) is 6.54 Å². The fourth-order valence-electron chi connectivity index (χ4n) is 5.71. The number of piperidine rings is 1. The number of rotatable bonds is 5. The standard InChI is InChI=1S/C25H40N6O2/c1-25(2,3)23-20(9-5-8-14-30(23)24(32)33)28-22-18-17-27-31(21(18)11-10-19(22)26)16-15-29-12-6-4-7-13-29/h10-11,17,20,23,28H,4-9,12-16,26H2,1-3H3,(H,32,33)/t20?,23-/m0/s1. The van der Waals surface area contributed by atoms with Crippen molar-refractivity contribution in [3.05, 3.63) is 18.3 Å². The summed E-state index contributed by atoms with van der Waals surface area (Å²) in [5.74, 6) is 0. The van der Waals surface area contributed by atoms with Crippen LogP contribution in [0.3, 0.4) is 0 Å². The molecule has 2 atom stereocenters. The lowest BCUT2D eigenvalue weighted by Gasteiger charge is -2.42. The van der Waals surface area contributed by atoms with Crippen molar-refractivity contribution in [2.45, 2.75) is 77.9 Å². The van der Waals surface area contributed by atoms with Gasteiger partial charge in [0.2, 0.25) is 0 Å². The van der Waals surface area contributed by atoms with E-state index >= 15 is 0 Å². The molecular weight excluding hydrogens is 416 g/mol. The number of nitrogens with one attached hydrogen (secondary N) is 1. The third kappa shape index (κ3) is 5.21. The summed E-state index contributed by atoms with van der Waals surface area (Å²) in [7, 11) is 0. The largest absolute Gasteiger partial charge is 0.465 e. The van der Waals surface area contributed by atoms with Crippen molar-refractivity contribution in [1.29, 1.82) is 0 Å². The Morgan fingerprint density at radius 1 is 1.12 bits per heavy atom. The number of carbonyl (C=O) groups is 1. The van der Waals surface area contributed by atoms with E-state index in [0.717, 1.165) is 48.9 Å². The van der Waals surface area contributed by atoms with Crippen molar-refractivity contribution in [1.82, 2.24) is 19.6 Å². The first-order chi connectivity index (χ1) is 15.8. The zero-order valence-corrected chi connectivity index (χ0v) is 20.4. The predicted octanol–water partition coefficient (Wildman–Crippen LogP) is 4.46. The molecule has 3 heterocycles. The molecule has 33 heavy (non-hydrogen) atoms. The number of likely N-dealkylation sites (tertiary alicyclic amines) is 2. The van der Waals surface area contributed by atoms with Crippen molar-refractivity contribution in [3.63, 3.8) is 0 Å². The van der Waals surface area contributed by atoms with E-state index in [0.29, 0.717) is 12.2 Å². The minimum absolute atomic E-state index is 0.0202. The number of nitrogens with two attached hydrogens (primary N) is 1. The van der Waals surface area contributed by atoms with Crippen LogP contribution in [0.2, 0.25) is 0 Å². The van der Waals surface area contributed by atoms with Crippen LogP contribution in [0.25, 0.3) is 10.9 Å². The molecule has 2 aromatic rings. The van der Waals surface area contributed by atoms with Gasteiger partial charge in [0.05, 0.1) is 35.7 Å². The number of aromatic nitrogens is 2.